The minimum Gasteiger partial charge on any atom is -0.350 e. The first-order valence-corrected chi connectivity index (χ1v) is 8.12. The van der Waals surface area contributed by atoms with Crippen molar-refractivity contribution in [3.63, 3.8) is 0 Å². The number of hydrogen-bond donors (Lipinski definition) is 2. The number of thioether (sulfide) groups is 1. The normalized spacial score (nSPS) is 12.9. The lowest BCUT2D eigenvalue weighted by Crippen LogP contribution is -2.23. The van der Waals surface area contributed by atoms with Gasteiger partial charge in [-0.2, -0.15) is 0 Å². The van der Waals surface area contributed by atoms with Crippen molar-refractivity contribution in [1.82, 2.24) is 10.3 Å². The second-order valence-corrected chi connectivity index (χ2v) is 6.54. The van der Waals surface area contributed by atoms with Crippen molar-refractivity contribution >= 4 is 22.7 Å². The Morgan fingerprint density at radius 3 is 2.89 bits per heavy atom. The first-order chi connectivity index (χ1) is 9.29. The molecule has 0 aliphatic heterocycles. The maximum absolute atomic E-state index is 3.54. The zero-order valence-corrected chi connectivity index (χ0v) is 12.7. The third-order valence-corrected chi connectivity index (χ3v) is 4.27. The molecule has 1 aromatic carbocycles. The van der Waals surface area contributed by atoms with E-state index in [2.05, 4.69) is 54.5 Å². The summed E-state index contributed by atoms with van der Waals surface area (Å²) in [6.07, 6.45) is 3.91. The Kier molecular flexibility index (Phi) is 5.80. The molecular weight excluding hydrogens is 252 g/mol. The van der Waals surface area contributed by atoms with Crippen LogP contribution in [0.4, 0.5) is 0 Å². The predicted molar refractivity (Wildman–Crippen MR) is 86.0 cm³/mol. The zero-order valence-electron chi connectivity index (χ0n) is 11.9. The predicted octanol–water partition coefficient (Wildman–Crippen LogP) is 4.43. The van der Waals surface area contributed by atoms with Crippen LogP contribution in [0.1, 0.15) is 33.1 Å². The second kappa shape index (κ2) is 7.61. The van der Waals surface area contributed by atoms with Crippen LogP contribution in [0.25, 0.3) is 10.9 Å². The van der Waals surface area contributed by atoms with Crippen LogP contribution >= 0.6 is 11.8 Å². The van der Waals surface area contributed by atoms with E-state index in [1.165, 1.54) is 35.2 Å². The highest BCUT2D eigenvalue weighted by molar-refractivity contribution is 7.99. The minimum atomic E-state index is 0.592. The summed E-state index contributed by atoms with van der Waals surface area (Å²) in [5, 5.41) is 6.70. The van der Waals surface area contributed by atoms with Gasteiger partial charge in [0.2, 0.25) is 0 Å². The molecule has 0 radical (unpaired) electrons. The van der Waals surface area contributed by atoms with Crippen LogP contribution in [0.3, 0.4) is 0 Å². The molecule has 0 saturated carbocycles. The van der Waals surface area contributed by atoms with Gasteiger partial charge in [0.1, 0.15) is 0 Å². The molecule has 1 unspecified atom stereocenters. The van der Waals surface area contributed by atoms with E-state index in [9.17, 15) is 0 Å². The van der Waals surface area contributed by atoms with E-state index < -0.39 is 0 Å². The Morgan fingerprint density at radius 1 is 1.26 bits per heavy atom. The molecule has 1 atom stereocenters. The van der Waals surface area contributed by atoms with Gasteiger partial charge in [-0.3, -0.25) is 0 Å². The minimum absolute atomic E-state index is 0.592. The number of fused-ring (bicyclic) bond motifs is 1. The van der Waals surface area contributed by atoms with Gasteiger partial charge < -0.3 is 10.3 Å². The van der Waals surface area contributed by atoms with Crippen molar-refractivity contribution in [1.29, 1.82) is 0 Å². The quantitative estimate of drug-likeness (QED) is 0.551. The monoisotopic (exact) mass is 276 g/mol. The Bertz CT molecular complexity index is 459. The third-order valence-electron chi connectivity index (χ3n) is 3.22. The summed E-state index contributed by atoms with van der Waals surface area (Å²) >= 11 is 1.92. The van der Waals surface area contributed by atoms with Crippen molar-refractivity contribution in [3.05, 3.63) is 30.3 Å². The summed E-state index contributed by atoms with van der Waals surface area (Å²) in [4.78, 5) is 3.47. The van der Waals surface area contributed by atoms with E-state index in [4.69, 9.17) is 0 Å². The van der Waals surface area contributed by atoms with Gasteiger partial charge in [0.05, 0.1) is 5.03 Å². The fourth-order valence-corrected chi connectivity index (χ4v) is 3.17. The molecule has 2 N–H and O–H groups in total. The van der Waals surface area contributed by atoms with E-state index in [-0.39, 0.29) is 0 Å². The zero-order chi connectivity index (χ0) is 13.5. The molecule has 2 aromatic rings. The molecule has 0 saturated heterocycles. The number of benzene rings is 1. The van der Waals surface area contributed by atoms with Crippen LogP contribution in [-0.4, -0.2) is 23.3 Å². The number of para-hydroxylation sites is 1. The molecule has 0 spiro atoms. The molecule has 2 nitrogen and oxygen atoms in total. The Labute approximate surface area is 120 Å². The molecule has 1 aromatic heterocycles. The third kappa shape index (κ3) is 4.59. The van der Waals surface area contributed by atoms with Gasteiger partial charge in [-0.15, -0.1) is 11.8 Å². The Morgan fingerprint density at radius 2 is 2.11 bits per heavy atom. The van der Waals surface area contributed by atoms with E-state index in [0.717, 1.165) is 13.1 Å². The highest BCUT2D eigenvalue weighted by Gasteiger charge is 2.06. The summed E-state index contributed by atoms with van der Waals surface area (Å²) in [6, 6.07) is 10.7. The number of rotatable bonds is 8. The van der Waals surface area contributed by atoms with Gasteiger partial charge in [-0.25, -0.2) is 0 Å². The molecule has 104 valence electrons. The Hall–Kier alpha value is -0.930. The molecule has 19 heavy (non-hydrogen) atoms. The smallest absolute Gasteiger partial charge is 0.0735 e. The number of unbranched alkanes of at least 4 members (excludes halogenated alkanes) is 2. The molecule has 0 fully saturated rings. The number of H-pyrrole nitrogens is 1. The summed E-state index contributed by atoms with van der Waals surface area (Å²) in [5.41, 5.74) is 1.23. The highest BCUT2D eigenvalue weighted by atomic mass is 32.2. The number of aromatic nitrogens is 1. The van der Waals surface area contributed by atoms with Gasteiger partial charge >= 0.3 is 0 Å². The number of nitrogens with one attached hydrogen (secondary N) is 2. The average molecular weight is 276 g/mol. The SMILES string of the molecule is CCCCCNCC(C)Sc1cc2ccccc2[nH]1. The molecule has 0 aliphatic rings. The molecular formula is C16H24N2S. The molecule has 1 heterocycles. The Balaban J connectivity index is 1.76. The number of hydrogen-bond acceptors (Lipinski definition) is 2. The van der Waals surface area contributed by atoms with Crippen LogP contribution in [0.2, 0.25) is 0 Å². The first-order valence-electron chi connectivity index (χ1n) is 7.24. The van der Waals surface area contributed by atoms with Gasteiger partial charge in [0, 0.05) is 22.7 Å². The molecule has 0 amide bonds. The van der Waals surface area contributed by atoms with E-state index in [0.29, 0.717) is 5.25 Å². The molecule has 0 bridgehead atoms. The molecule has 0 aliphatic carbocycles. The van der Waals surface area contributed by atoms with Crippen LogP contribution in [0.5, 0.6) is 0 Å². The lowest BCUT2D eigenvalue weighted by Gasteiger charge is -2.11. The summed E-state index contributed by atoms with van der Waals surface area (Å²) in [7, 11) is 0. The van der Waals surface area contributed by atoms with Crippen LogP contribution in [-0.2, 0) is 0 Å². The first kappa shape index (κ1) is 14.5. The van der Waals surface area contributed by atoms with Crippen LogP contribution < -0.4 is 5.32 Å². The molecule has 3 heteroatoms. The molecule has 2 rings (SSSR count). The maximum atomic E-state index is 3.54. The van der Waals surface area contributed by atoms with Crippen molar-refractivity contribution in [2.75, 3.05) is 13.1 Å². The standard InChI is InChI=1S/C16H24N2S/c1-3-4-7-10-17-12-13(2)19-16-11-14-8-5-6-9-15(14)18-16/h5-6,8-9,11,13,17-18H,3-4,7,10,12H2,1-2H3. The van der Waals surface area contributed by atoms with Gasteiger partial charge in [-0.1, -0.05) is 44.9 Å². The van der Waals surface area contributed by atoms with Gasteiger partial charge in [-0.05, 0) is 25.1 Å². The average Bonchev–Trinajstić information content (AvgIpc) is 2.80. The topological polar surface area (TPSA) is 27.8 Å². The lowest BCUT2D eigenvalue weighted by atomic mass is 10.2. The van der Waals surface area contributed by atoms with Crippen LogP contribution in [0.15, 0.2) is 35.4 Å². The van der Waals surface area contributed by atoms with Gasteiger partial charge in [0.15, 0.2) is 0 Å². The van der Waals surface area contributed by atoms with Crippen molar-refractivity contribution in [3.8, 4) is 0 Å². The maximum Gasteiger partial charge on any atom is 0.0735 e. The van der Waals surface area contributed by atoms with Crippen molar-refractivity contribution < 1.29 is 0 Å². The van der Waals surface area contributed by atoms with E-state index >= 15 is 0 Å². The van der Waals surface area contributed by atoms with Crippen molar-refractivity contribution in [2.45, 2.75) is 43.4 Å². The van der Waals surface area contributed by atoms with Crippen LogP contribution in [0, 0.1) is 0 Å². The van der Waals surface area contributed by atoms with E-state index in [1.54, 1.807) is 0 Å². The summed E-state index contributed by atoms with van der Waals surface area (Å²) in [6.45, 7) is 6.74. The second-order valence-electron chi connectivity index (χ2n) is 5.06. The lowest BCUT2D eigenvalue weighted by molar-refractivity contribution is 0.615. The number of aromatic amines is 1. The summed E-state index contributed by atoms with van der Waals surface area (Å²) < 4.78 is 0. The van der Waals surface area contributed by atoms with Gasteiger partial charge in [0.25, 0.3) is 0 Å². The van der Waals surface area contributed by atoms with Crippen molar-refractivity contribution in [2.24, 2.45) is 0 Å². The fraction of sp³-hybridized carbons (Fsp3) is 0.500. The van der Waals surface area contributed by atoms with E-state index in [1.807, 2.05) is 11.8 Å². The summed E-state index contributed by atoms with van der Waals surface area (Å²) in [5.74, 6) is 0. The fourth-order valence-electron chi connectivity index (χ4n) is 2.17. The largest absolute Gasteiger partial charge is 0.350 e. The highest BCUT2D eigenvalue weighted by Crippen LogP contribution is 2.26.